The molecule has 1 aliphatic rings. The fourth-order valence-electron chi connectivity index (χ4n) is 4.01. The molecule has 36 heavy (non-hydrogen) atoms. The van der Waals surface area contributed by atoms with Gasteiger partial charge in [-0.1, -0.05) is 0 Å². The highest BCUT2D eigenvalue weighted by atomic mass is 16.2. The monoisotopic (exact) mass is 512 g/mol. The van der Waals surface area contributed by atoms with Crippen molar-refractivity contribution in [1.82, 2.24) is 40.9 Å². The summed E-state index contributed by atoms with van der Waals surface area (Å²) in [7, 11) is 6.59. The van der Waals surface area contributed by atoms with Gasteiger partial charge in [0.1, 0.15) is 0 Å². The number of rotatable bonds is 12. The molecule has 208 valence electrons. The number of nitrogens with one attached hydrogen (secondary N) is 4. The van der Waals surface area contributed by atoms with E-state index in [0.717, 1.165) is 52.4 Å². The highest BCUT2D eigenvalue weighted by Crippen LogP contribution is 2.04. The smallest absolute Gasteiger partial charge is 0.221 e. The fraction of sp³-hybridized carbons (Fsp3) is 0.833. The Morgan fingerprint density at radius 1 is 0.417 bits per heavy atom. The average molecular weight is 513 g/mol. The molecule has 0 saturated carbocycles. The zero-order valence-electron chi connectivity index (χ0n) is 22.7. The molecule has 0 aliphatic carbocycles. The Kier molecular flexibility index (Phi) is 16.7. The summed E-state index contributed by atoms with van der Waals surface area (Å²) in [6, 6.07) is 0. The van der Waals surface area contributed by atoms with E-state index < -0.39 is 0 Å². The summed E-state index contributed by atoms with van der Waals surface area (Å²) < 4.78 is 0. The molecule has 1 fully saturated rings. The fourth-order valence-corrected chi connectivity index (χ4v) is 4.01. The second kappa shape index (κ2) is 18.9. The SMILES string of the molecule is CNC(=O)CCN1CCN(CCC(=O)NC)CCN(CCC(=O)NC)CCN(CCC(=O)NC)CC1. The lowest BCUT2D eigenvalue weighted by Crippen LogP contribution is -2.47. The van der Waals surface area contributed by atoms with Crippen LogP contribution in [0.3, 0.4) is 0 Å². The van der Waals surface area contributed by atoms with Crippen LogP contribution in [0.4, 0.5) is 0 Å². The van der Waals surface area contributed by atoms with Crippen LogP contribution in [-0.4, -0.2) is 150 Å². The van der Waals surface area contributed by atoms with Gasteiger partial charge in [0.25, 0.3) is 0 Å². The molecule has 0 radical (unpaired) electrons. The molecular formula is C24H48N8O4. The van der Waals surface area contributed by atoms with E-state index in [4.69, 9.17) is 0 Å². The van der Waals surface area contributed by atoms with Gasteiger partial charge in [0.15, 0.2) is 0 Å². The first kappa shape index (κ1) is 31.7. The zero-order chi connectivity index (χ0) is 26.8. The van der Waals surface area contributed by atoms with E-state index in [1.807, 2.05) is 0 Å². The number of hydrogen-bond donors (Lipinski definition) is 4. The lowest BCUT2D eigenvalue weighted by atomic mass is 10.2. The van der Waals surface area contributed by atoms with Gasteiger partial charge in [-0.05, 0) is 0 Å². The molecule has 0 aromatic heterocycles. The van der Waals surface area contributed by atoms with Crippen LogP contribution < -0.4 is 21.3 Å². The van der Waals surface area contributed by atoms with Crippen molar-refractivity contribution in [2.24, 2.45) is 0 Å². The van der Waals surface area contributed by atoms with Crippen molar-refractivity contribution >= 4 is 23.6 Å². The number of amides is 4. The molecule has 12 heteroatoms. The first-order valence-electron chi connectivity index (χ1n) is 13.0. The lowest BCUT2D eigenvalue weighted by Gasteiger charge is -2.34. The molecule has 0 aromatic rings. The molecule has 1 aliphatic heterocycles. The largest absolute Gasteiger partial charge is 0.359 e. The van der Waals surface area contributed by atoms with Crippen molar-refractivity contribution < 1.29 is 19.2 Å². The average Bonchev–Trinajstić information content (AvgIpc) is 2.89. The van der Waals surface area contributed by atoms with E-state index in [0.29, 0.717) is 51.9 Å². The third kappa shape index (κ3) is 14.3. The summed E-state index contributed by atoms with van der Waals surface area (Å²) in [5, 5.41) is 10.8. The molecule has 4 amide bonds. The van der Waals surface area contributed by atoms with Gasteiger partial charge < -0.3 is 40.9 Å². The molecule has 12 nitrogen and oxygen atoms in total. The van der Waals surface area contributed by atoms with E-state index in [1.165, 1.54) is 0 Å². The molecule has 0 spiro atoms. The summed E-state index contributed by atoms with van der Waals surface area (Å²) in [5.41, 5.74) is 0. The zero-order valence-corrected chi connectivity index (χ0v) is 22.7. The van der Waals surface area contributed by atoms with Crippen LogP contribution in [0.25, 0.3) is 0 Å². The Balaban J connectivity index is 2.94. The van der Waals surface area contributed by atoms with Gasteiger partial charge in [0.2, 0.25) is 23.6 Å². The third-order valence-electron chi connectivity index (χ3n) is 6.67. The van der Waals surface area contributed by atoms with Crippen LogP contribution in [-0.2, 0) is 19.2 Å². The van der Waals surface area contributed by atoms with E-state index in [-0.39, 0.29) is 23.6 Å². The van der Waals surface area contributed by atoms with Crippen molar-refractivity contribution in [3.05, 3.63) is 0 Å². The minimum absolute atomic E-state index is 0.0146. The van der Waals surface area contributed by atoms with Gasteiger partial charge in [-0.15, -0.1) is 0 Å². The van der Waals surface area contributed by atoms with Crippen molar-refractivity contribution in [3.8, 4) is 0 Å². The van der Waals surface area contributed by atoms with Crippen LogP contribution in [0.5, 0.6) is 0 Å². The van der Waals surface area contributed by atoms with Gasteiger partial charge in [-0.25, -0.2) is 0 Å². The molecule has 0 atom stereocenters. The Labute approximate surface area is 216 Å². The number of hydrogen-bond acceptors (Lipinski definition) is 8. The van der Waals surface area contributed by atoms with E-state index in [2.05, 4.69) is 40.9 Å². The molecule has 1 heterocycles. The topological polar surface area (TPSA) is 129 Å². The highest BCUT2D eigenvalue weighted by Gasteiger charge is 2.18. The minimum atomic E-state index is 0.0146. The van der Waals surface area contributed by atoms with E-state index in [9.17, 15) is 19.2 Å². The summed E-state index contributed by atoms with van der Waals surface area (Å²) in [4.78, 5) is 56.6. The normalized spacial score (nSPS) is 17.4. The minimum Gasteiger partial charge on any atom is -0.359 e. The van der Waals surface area contributed by atoms with Crippen molar-refractivity contribution in [1.29, 1.82) is 0 Å². The quantitative estimate of drug-likeness (QED) is 0.231. The van der Waals surface area contributed by atoms with Crippen molar-refractivity contribution in [2.75, 3.05) is 107 Å². The second-order valence-electron chi connectivity index (χ2n) is 9.06. The Morgan fingerprint density at radius 2 is 0.583 bits per heavy atom. The molecule has 4 N–H and O–H groups in total. The molecule has 0 bridgehead atoms. The predicted molar refractivity (Wildman–Crippen MR) is 140 cm³/mol. The number of carbonyl (C=O) groups excluding carboxylic acids is 4. The molecule has 0 aromatic carbocycles. The predicted octanol–water partition coefficient (Wildman–Crippen LogP) is -2.25. The highest BCUT2D eigenvalue weighted by molar-refractivity contribution is 5.76. The number of nitrogens with zero attached hydrogens (tertiary/aromatic N) is 4. The van der Waals surface area contributed by atoms with Crippen molar-refractivity contribution in [3.63, 3.8) is 0 Å². The van der Waals surface area contributed by atoms with Crippen LogP contribution in [0.2, 0.25) is 0 Å². The van der Waals surface area contributed by atoms with Crippen molar-refractivity contribution in [2.45, 2.75) is 25.7 Å². The maximum atomic E-state index is 11.9. The van der Waals surface area contributed by atoms with Crippen LogP contribution in [0, 0.1) is 0 Å². The second-order valence-corrected chi connectivity index (χ2v) is 9.06. The van der Waals surface area contributed by atoms with Gasteiger partial charge >= 0.3 is 0 Å². The summed E-state index contributed by atoms with van der Waals surface area (Å²) >= 11 is 0. The van der Waals surface area contributed by atoms with Crippen LogP contribution in [0.1, 0.15) is 25.7 Å². The first-order chi connectivity index (χ1) is 17.3. The van der Waals surface area contributed by atoms with Crippen LogP contribution >= 0.6 is 0 Å². The Bertz CT molecular complexity index is 551. The van der Waals surface area contributed by atoms with Gasteiger partial charge in [0.05, 0.1) is 0 Å². The summed E-state index contributed by atoms with van der Waals surface area (Å²) in [6.45, 7) is 8.90. The maximum Gasteiger partial charge on any atom is 0.221 e. The first-order valence-corrected chi connectivity index (χ1v) is 13.0. The Morgan fingerprint density at radius 3 is 0.722 bits per heavy atom. The molecular weight excluding hydrogens is 464 g/mol. The van der Waals surface area contributed by atoms with Crippen LogP contribution in [0.15, 0.2) is 0 Å². The molecule has 0 unspecified atom stereocenters. The van der Waals surface area contributed by atoms with E-state index in [1.54, 1.807) is 28.2 Å². The summed E-state index contributed by atoms with van der Waals surface area (Å²) in [6.07, 6.45) is 1.72. The standard InChI is InChI=1S/C24H48N8O4/c1-25-21(33)5-9-29-13-15-30(10-6-22(34)26-2)17-19-32(12-8-24(36)28-4)20-18-31(16-14-29)11-7-23(35)27-3/h5-20H2,1-4H3,(H,25,33)(H,26,34)(H,27,35)(H,28,36). The van der Waals surface area contributed by atoms with Gasteiger partial charge in [-0.3, -0.25) is 19.2 Å². The maximum absolute atomic E-state index is 11.9. The van der Waals surface area contributed by atoms with E-state index >= 15 is 0 Å². The molecule has 1 saturated heterocycles. The van der Waals surface area contributed by atoms with Gasteiger partial charge in [0, 0.05) is 132 Å². The van der Waals surface area contributed by atoms with Gasteiger partial charge in [-0.2, -0.15) is 0 Å². The number of carbonyl (C=O) groups is 4. The summed E-state index contributed by atoms with van der Waals surface area (Å²) in [5.74, 6) is 0.0586. The molecule has 1 rings (SSSR count). The Hall–Kier alpha value is -2.28. The third-order valence-corrected chi connectivity index (χ3v) is 6.67. The lowest BCUT2D eigenvalue weighted by molar-refractivity contribution is -0.122.